The van der Waals surface area contributed by atoms with Crippen LogP contribution in [0.25, 0.3) is 0 Å². The Bertz CT molecular complexity index is 552. The summed E-state index contributed by atoms with van der Waals surface area (Å²) in [5.41, 5.74) is 0.609. The predicted octanol–water partition coefficient (Wildman–Crippen LogP) is 4.74. The van der Waals surface area contributed by atoms with E-state index in [1.165, 1.54) is 0 Å². The molecule has 0 radical (unpaired) electrons. The van der Waals surface area contributed by atoms with E-state index in [2.05, 4.69) is 15.3 Å². The number of aromatic nitrogens is 2. The van der Waals surface area contributed by atoms with Crippen molar-refractivity contribution in [2.24, 2.45) is 0 Å². The molecule has 6 heteroatoms. The van der Waals surface area contributed by atoms with Crippen molar-refractivity contribution in [3.05, 3.63) is 45.3 Å². The second-order valence-corrected chi connectivity index (χ2v) is 4.77. The van der Waals surface area contributed by atoms with Gasteiger partial charge in [-0.25, -0.2) is 9.97 Å². The average Bonchev–Trinajstić information content (AvgIpc) is 2.33. The van der Waals surface area contributed by atoms with Crippen molar-refractivity contribution in [2.75, 3.05) is 5.32 Å². The van der Waals surface area contributed by atoms with Gasteiger partial charge in [-0.3, -0.25) is 0 Å². The first-order chi connectivity index (χ1) is 8.60. The summed E-state index contributed by atoms with van der Waals surface area (Å²) in [6.07, 6.45) is 0.700. The fraction of sp³-hybridized carbons (Fsp3) is 0.167. The Labute approximate surface area is 120 Å². The van der Waals surface area contributed by atoms with E-state index in [9.17, 15) is 0 Å². The lowest BCUT2D eigenvalue weighted by Crippen LogP contribution is -2.00. The van der Waals surface area contributed by atoms with E-state index in [0.717, 1.165) is 0 Å². The lowest BCUT2D eigenvalue weighted by Gasteiger charge is -2.10. The largest absolute Gasteiger partial charge is 0.338 e. The normalized spacial score (nSPS) is 10.4. The van der Waals surface area contributed by atoms with Gasteiger partial charge in [-0.05, 0) is 12.1 Å². The van der Waals surface area contributed by atoms with Crippen LogP contribution in [0.5, 0.6) is 0 Å². The number of aryl methyl sites for hydroxylation is 1. The number of benzene rings is 1. The fourth-order valence-electron chi connectivity index (χ4n) is 1.43. The summed E-state index contributed by atoms with van der Waals surface area (Å²) in [5.74, 6) is 1.23. The standard InChI is InChI=1S/C12H10Cl3N3/c1-2-10-16-9(15)6-11(17-10)18-12-7(13)4-3-5-8(12)14/h3-6H,2H2,1H3,(H,16,17,18). The fourth-order valence-corrected chi connectivity index (χ4v) is 2.12. The molecule has 2 rings (SSSR count). The van der Waals surface area contributed by atoms with Crippen LogP contribution in [0.2, 0.25) is 15.2 Å². The number of nitrogens with zero attached hydrogens (tertiary/aromatic N) is 2. The Morgan fingerprint density at radius 1 is 1.11 bits per heavy atom. The molecule has 1 aromatic carbocycles. The zero-order valence-corrected chi connectivity index (χ0v) is 11.8. The minimum Gasteiger partial charge on any atom is -0.338 e. The van der Waals surface area contributed by atoms with Crippen LogP contribution < -0.4 is 5.32 Å². The molecule has 3 nitrogen and oxygen atoms in total. The minimum absolute atomic E-state index is 0.382. The highest BCUT2D eigenvalue weighted by Crippen LogP contribution is 2.32. The van der Waals surface area contributed by atoms with Crippen molar-refractivity contribution in [3.8, 4) is 0 Å². The lowest BCUT2D eigenvalue weighted by molar-refractivity contribution is 0.943. The van der Waals surface area contributed by atoms with E-state index < -0.39 is 0 Å². The van der Waals surface area contributed by atoms with Gasteiger partial charge in [0.2, 0.25) is 0 Å². The Kier molecular flexibility index (Phi) is 4.27. The molecule has 0 atom stereocenters. The Balaban J connectivity index is 2.37. The van der Waals surface area contributed by atoms with Crippen molar-refractivity contribution < 1.29 is 0 Å². The van der Waals surface area contributed by atoms with Gasteiger partial charge >= 0.3 is 0 Å². The molecule has 0 saturated carbocycles. The molecule has 0 amide bonds. The average molecular weight is 303 g/mol. The Morgan fingerprint density at radius 2 is 1.78 bits per heavy atom. The van der Waals surface area contributed by atoms with Gasteiger partial charge in [-0.15, -0.1) is 0 Å². The number of rotatable bonds is 3. The monoisotopic (exact) mass is 301 g/mol. The van der Waals surface area contributed by atoms with Crippen molar-refractivity contribution in [1.82, 2.24) is 9.97 Å². The van der Waals surface area contributed by atoms with E-state index in [-0.39, 0.29) is 0 Å². The quantitative estimate of drug-likeness (QED) is 0.832. The molecule has 94 valence electrons. The van der Waals surface area contributed by atoms with Crippen LogP contribution in [0.3, 0.4) is 0 Å². The molecule has 0 bridgehead atoms. The van der Waals surface area contributed by atoms with Gasteiger partial charge in [0.15, 0.2) is 0 Å². The van der Waals surface area contributed by atoms with Crippen LogP contribution in [0.1, 0.15) is 12.7 Å². The lowest BCUT2D eigenvalue weighted by atomic mass is 10.3. The molecule has 2 aromatic rings. The molecule has 18 heavy (non-hydrogen) atoms. The van der Waals surface area contributed by atoms with Crippen molar-refractivity contribution in [3.63, 3.8) is 0 Å². The molecule has 0 saturated heterocycles. The van der Waals surface area contributed by atoms with Gasteiger partial charge in [0.05, 0.1) is 15.7 Å². The summed E-state index contributed by atoms with van der Waals surface area (Å²) >= 11 is 18.1. The number of anilines is 2. The highest BCUT2D eigenvalue weighted by Gasteiger charge is 2.08. The molecule has 0 spiro atoms. The molecular weight excluding hydrogens is 293 g/mol. The summed E-state index contributed by atoms with van der Waals surface area (Å²) in [4.78, 5) is 8.39. The minimum atomic E-state index is 0.382. The van der Waals surface area contributed by atoms with Crippen LogP contribution >= 0.6 is 34.8 Å². The van der Waals surface area contributed by atoms with Crippen molar-refractivity contribution >= 4 is 46.3 Å². The second-order valence-electron chi connectivity index (χ2n) is 3.57. The molecule has 0 aliphatic rings. The van der Waals surface area contributed by atoms with E-state index in [0.29, 0.717) is 38.9 Å². The second kappa shape index (κ2) is 5.74. The summed E-state index contributed by atoms with van der Waals surface area (Å²) < 4.78 is 0. The van der Waals surface area contributed by atoms with E-state index in [4.69, 9.17) is 34.8 Å². The third-order valence-electron chi connectivity index (χ3n) is 2.27. The van der Waals surface area contributed by atoms with Gasteiger partial charge < -0.3 is 5.32 Å². The highest BCUT2D eigenvalue weighted by atomic mass is 35.5. The van der Waals surface area contributed by atoms with Crippen LogP contribution in [-0.2, 0) is 6.42 Å². The maximum atomic E-state index is 6.07. The Hall–Kier alpha value is -1.03. The molecule has 0 fully saturated rings. The predicted molar refractivity (Wildman–Crippen MR) is 76.2 cm³/mol. The SMILES string of the molecule is CCc1nc(Cl)cc(Nc2c(Cl)cccc2Cl)n1. The third-order valence-corrected chi connectivity index (χ3v) is 3.10. The van der Waals surface area contributed by atoms with Crippen LogP contribution in [-0.4, -0.2) is 9.97 Å². The van der Waals surface area contributed by atoms with E-state index in [1.807, 2.05) is 6.92 Å². The van der Waals surface area contributed by atoms with Gasteiger partial charge in [0.1, 0.15) is 16.8 Å². The smallest absolute Gasteiger partial charge is 0.135 e. The number of hydrogen-bond acceptors (Lipinski definition) is 3. The van der Waals surface area contributed by atoms with E-state index in [1.54, 1.807) is 24.3 Å². The molecule has 0 unspecified atom stereocenters. The highest BCUT2D eigenvalue weighted by molar-refractivity contribution is 6.39. The number of nitrogens with one attached hydrogen (secondary N) is 1. The molecular formula is C12H10Cl3N3. The molecule has 1 N–H and O–H groups in total. The number of hydrogen-bond donors (Lipinski definition) is 1. The zero-order chi connectivity index (χ0) is 13.1. The van der Waals surface area contributed by atoms with Crippen molar-refractivity contribution in [1.29, 1.82) is 0 Å². The maximum absolute atomic E-state index is 6.07. The summed E-state index contributed by atoms with van der Waals surface area (Å²) in [6.45, 7) is 1.96. The topological polar surface area (TPSA) is 37.8 Å². The van der Waals surface area contributed by atoms with Crippen LogP contribution in [0.15, 0.2) is 24.3 Å². The summed E-state index contributed by atoms with van der Waals surface area (Å²) in [6, 6.07) is 6.90. The first-order valence-electron chi connectivity index (χ1n) is 5.34. The van der Waals surface area contributed by atoms with Gasteiger partial charge in [-0.2, -0.15) is 0 Å². The maximum Gasteiger partial charge on any atom is 0.135 e. The first kappa shape index (κ1) is 13.4. The first-order valence-corrected chi connectivity index (χ1v) is 6.48. The zero-order valence-electron chi connectivity index (χ0n) is 9.54. The molecule has 0 aliphatic carbocycles. The molecule has 0 aliphatic heterocycles. The van der Waals surface area contributed by atoms with Gasteiger partial charge in [0, 0.05) is 12.5 Å². The van der Waals surface area contributed by atoms with E-state index >= 15 is 0 Å². The van der Waals surface area contributed by atoms with Crippen LogP contribution in [0, 0.1) is 0 Å². The summed E-state index contributed by atoms with van der Waals surface area (Å²) in [7, 11) is 0. The number of halogens is 3. The summed E-state index contributed by atoms with van der Waals surface area (Å²) in [5, 5.41) is 4.49. The molecule has 1 heterocycles. The Morgan fingerprint density at radius 3 is 2.39 bits per heavy atom. The van der Waals surface area contributed by atoms with Crippen LogP contribution in [0.4, 0.5) is 11.5 Å². The van der Waals surface area contributed by atoms with Crippen molar-refractivity contribution in [2.45, 2.75) is 13.3 Å². The van der Waals surface area contributed by atoms with Gasteiger partial charge in [-0.1, -0.05) is 47.8 Å². The van der Waals surface area contributed by atoms with Gasteiger partial charge in [0.25, 0.3) is 0 Å². The number of para-hydroxylation sites is 1. The third kappa shape index (κ3) is 3.05. The molecule has 1 aromatic heterocycles.